The predicted octanol–water partition coefficient (Wildman–Crippen LogP) is 2.37. The van der Waals surface area contributed by atoms with E-state index in [4.69, 9.17) is 4.42 Å². The third-order valence-corrected chi connectivity index (χ3v) is 4.28. The second-order valence-electron chi connectivity index (χ2n) is 5.79. The fourth-order valence-corrected chi connectivity index (χ4v) is 3.14. The van der Waals surface area contributed by atoms with Gasteiger partial charge in [-0.15, -0.1) is 0 Å². The van der Waals surface area contributed by atoms with Crippen LogP contribution in [-0.4, -0.2) is 26.2 Å². The van der Waals surface area contributed by atoms with Crippen LogP contribution in [0.3, 0.4) is 0 Å². The zero-order valence-corrected chi connectivity index (χ0v) is 12.6. The molecule has 0 aliphatic carbocycles. The monoisotopic (exact) mass is 295 g/mol. The van der Waals surface area contributed by atoms with Gasteiger partial charge in [0.15, 0.2) is 0 Å². The van der Waals surface area contributed by atoms with Crippen LogP contribution in [0.4, 0.5) is 0 Å². The summed E-state index contributed by atoms with van der Waals surface area (Å²) < 4.78 is 6.26. The second-order valence-corrected chi connectivity index (χ2v) is 5.79. The van der Waals surface area contributed by atoms with Crippen molar-refractivity contribution in [3.05, 3.63) is 47.5 Å². The lowest BCUT2D eigenvalue weighted by molar-refractivity contribution is 0.571. The largest absolute Gasteiger partial charge is 0.455 e. The van der Waals surface area contributed by atoms with E-state index >= 15 is 0 Å². The van der Waals surface area contributed by atoms with Crippen LogP contribution in [0, 0.1) is 0 Å². The zero-order valence-electron chi connectivity index (χ0n) is 12.6. The highest BCUT2D eigenvalue weighted by Crippen LogP contribution is 2.32. The van der Waals surface area contributed by atoms with Gasteiger partial charge in [-0.2, -0.15) is 0 Å². The Kier molecular flexibility index (Phi) is 3.81. The summed E-state index contributed by atoms with van der Waals surface area (Å²) in [6, 6.07) is 12.8. The van der Waals surface area contributed by atoms with Crippen molar-refractivity contribution in [2.24, 2.45) is 0 Å². The van der Waals surface area contributed by atoms with Crippen molar-refractivity contribution in [1.82, 2.24) is 16.0 Å². The van der Waals surface area contributed by atoms with E-state index in [-0.39, 0.29) is 0 Å². The Morgan fingerprint density at radius 3 is 1.68 bits per heavy atom. The summed E-state index contributed by atoms with van der Waals surface area (Å²) in [5, 5.41) is 12.8. The predicted molar refractivity (Wildman–Crippen MR) is 90.0 cm³/mol. The molecule has 0 spiro atoms. The maximum Gasteiger partial charge on any atom is 0.139 e. The number of furan rings is 1. The second kappa shape index (κ2) is 6.08. The number of hydrogen-bond acceptors (Lipinski definition) is 4. The lowest BCUT2D eigenvalue weighted by Crippen LogP contribution is -2.32. The molecule has 0 saturated heterocycles. The number of benzene rings is 2. The minimum Gasteiger partial charge on any atom is -0.455 e. The number of rotatable bonds is 0. The molecule has 0 atom stereocenters. The molecule has 0 fully saturated rings. The molecular formula is C18H21N3O. The highest BCUT2D eigenvalue weighted by atomic mass is 16.3. The topological polar surface area (TPSA) is 49.2 Å². The average Bonchev–Trinajstić information content (AvgIpc) is 2.93. The van der Waals surface area contributed by atoms with Gasteiger partial charge in [0.2, 0.25) is 0 Å². The SMILES string of the molecule is c1cc2c3oc4c(cccc4c3c1)CNCCNCCNC2. The molecule has 1 aromatic heterocycles. The quantitative estimate of drug-likeness (QED) is 0.596. The number of para-hydroxylation sites is 2. The van der Waals surface area contributed by atoms with E-state index in [0.717, 1.165) is 50.4 Å². The Balaban J connectivity index is 1.86. The van der Waals surface area contributed by atoms with E-state index in [0.29, 0.717) is 0 Å². The highest BCUT2D eigenvalue weighted by molar-refractivity contribution is 6.06. The summed E-state index contributed by atoms with van der Waals surface area (Å²) in [5.74, 6) is 0. The van der Waals surface area contributed by atoms with E-state index < -0.39 is 0 Å². The van der Waals surface area contributed by atoms with Crippen molar-refractivity contribution in [1.29, 1.82) is 0 Å². The van der Waals surface area contributed by atoms with Crippen molar-refractivity contribution in [3.63, 3.8) is 0 Å². The number of hydrogen-bond donors (Lipinski definition) is 3. The summed E-state index contributed by atoms with van der Waals surface area (Å²) in [6.45, 7) is 5.57. The van der Waals surface area contributed by atoms with Gasteiger partial charge in [-0.3, -0.25) is 0 Å². The van der Waals surface area contributed by atoms with Crippen LogP contribution >= 0.6 is 0 Å². The molecule has 4 nitrogen and oxygen atoms in total. The van der Waals surface area contributed by atoms with Crippen LogP contribution in [-0.2, 0) is 13.1 Å². The molecule has 2 bridgehead atoms. The first-order chi connectivity index (χ1) is 10.9. The minimum atomic E-state index is 0.840. The third-order valence-electron chi connectivity index (χ3n) is 4.28. The van der Waals surface area contributed by atoms with Crippen LogP contribution in [0.5, 0.6) is 0 Å². The molecule has 3 aromatic rings. The summed E-state index contributed by atoms with van der Waals surface area (Å²) in [6.07, 6.45) is 0. The van der Waals surface area contributed by atoms with Crippen LogP contribution < -0.4 is 16.0 Å². The van der Waals surface area contributed by atoms with Gasteiger partial charge in [0.1, 0.15) is 11.2 Å². The molecule has 114 valence electrons. The van der Waals surface area contributed by atoms with Crippen molar-refractivity contribution >= 4 is 21.9 Å². The van der Waals surface area contributed by atoms with Gasteiger partial charge in [0.05, 0.1) is 0 Å². The molecule has 1 aliphatic rings. The summed E-state index contributed by atoms with van der Waals surface area (Å²) >= 11 is 0. The Hall–Kier alpha value is -1.88. The van der Waals surface area contributed by atoms with Gasteiger partial charge in [-0.25, -0.2) is 0 Å². The van der Waals surface area contributed by atoms with Crippen LogP contribution in [0.2, 0.25) is 0 Å². The third kappa shape index (κ3) is 2.50. The maximum atomic E-state index is 6.26. The lowest BCUT2D eigenvalue weighted by atomic mass is 10.1. The zero-order chi connectivity index (χ0) is 14.8. The van der Waals surface area contributed by atoms with Crippen LogP contribution in [0.25, 0.3) is 21.9 Å². The van der Waals surface area contributed by atoms with E-state index in [1.54, 1.807) is 0 Å². The molecule has 0 saturated carbocycles. The van der Waals surface area contributed by atoms with Crippen LogP contribution in [0.1, 0.15) is 11.1 Å². The summed E-state index contributed by atoms with van der Waals surface area (Å²) in [5.41, 5.74) is 4.49. The minimum absolute atomic E-state index is 0.840. The van der Waals surface area contributed by atoms with Crippen molar-refractivity contribution in [2.45, 2.75) is 13.1 Å². The first-order valence-corrected chi connectivity index (χ1v) is 7.97. The van der Waals surface area contributed by atoms with Gasteiger partial charge in [0.25, 0.3) is 0 Å². The van der Waals surface area contributed by atoms with Gasteiger partial charge in [-0.05, 0) is 0 Å². The highest BCUT2D eigenvalue weighted by Gasteiger charge is 2.13. The molecule has 2 heterocycles. The molecule has 3 N–H and O–H groups in total. The molecule has 0 radical (unpaired) electrons. The standard InChI is InChI=1S/C18H21N3O/c1-3-13-11-20-9-7-19-8-10-21-12-14-4-2-6-16-15(5-1)17(13)22-18(14)16/h1-6,19-21H,7-12H2. The normalized spacial score (nSPS) is 17.3. The summed E-state index contributed by atoms with van der Waals surface area (Å²) in [4.78, 5) is 0. The molecule has 4 rings (SSSR count). The van der Waals surface area contributed by atoms with Crippen molar-refractivity contribution in [3.8, 4) is 0 Å². The molecule has 22 heavy (non-hydrogen) atoms. The van der Waals surface area contributed by atoms with E-state index in [1.165, 1.54) is 21.9 Å². The molecule has 2 aromatic carbocycles. The van der Waals surface area contributed by atoms with Crippen molar-refractivity contribution < 1.29 is 4.42 Å². The average molecular weight is 295 g/mol. The van der Waals surface area contributed by atoms with E-state index in [9.17, 15) is 0 Å². The fourth-order valence-electron chi connectivity index (χ4n) is 3.14. The Bertz CT molecular complexity index is 729. The van der Waals surface area contributed by atoms with Gasteiger partial charge >= 0.3 is 0 Å². The Morgan fingerprint density at radius 2 is 1.14 bits per heavy atom. The van der Waals surface area contributed by atoms with Crippen LogP contribution in [0.15, 0.2) is 40.8 Å². The fraction of sp³-hybridized carbons (Fsp3) is 0.333. The lowest BCUT2D eigenvalue weighted by Gasteiger charge is -2.09. The molecule has 4 heteroatoms. The van der Waals surface area contributed by atoms with Gasteiger partial charge < -0.3 is 20.4 Å². The Labute approximate surface area is 129 Å². The van der Waals surface area contributed by atoms with Gasteiger partial charge in [-0.1, -0.05) is 36.4 Å². The first-order valence-electron chi connectivity index (χ1n) is 7.97. The molecule has 1 aliphatic heterocycles. The smallest absolute Gasteiger partial charge is 0.139 e. The molecular weight excluding hydrogens is 274 g/mol. The molecule has 0 unspecified atom stereocenters. The van der Waals surface area contributed by atoms with Crippen molar-refractivity contribution in [2.75, 3.05) is 26.2 Å². The van der Waals surface area contributed by atoms with E-state index in [2.05, 4.69) is 52.3 Å². The van der Waals surface area contributed by atoms with Gasteiger partial charge in [0, 0.05) is 61.2 Å². The van der Waals surface area contributed by atoms with E-state index in [1.807, 2.05) is 0 Å². The maximum absolute atomic E-state index is 6.26. The number of nitrogens with one attached hydrogen (secondary N) is 3. The summed E-state index contributed by atoms with van der Waals surface area (Å²) in [7, 11) is 0. The first kappa shape index (κ1) is 13.8. The Morgan fingerprint density at radius 1 is 0.636 bits per heavy atom. The molecule has 0 amide bonds. The number of fused-ring (bicyclic) bond motifs is 1.